The lowest BCUT2D eigenvalue weighted by molar-refractivity contribution is -0.140. The van der Waals surface area contributed by atoms with E-state index in [1.54, 1.807) is 24.3 Å². The maximum atomic E-state index is 12.8. The molecular formula is C23H24N2O6. The summed E-state index contributed by atoms with van der Waals surface area (Å²) in [6.07, 6.45) is 0. The number of anilines is 2. The molecule has 2 aromatic rings. The van der Waals surface area contributed by atoms with Crippen LogP contribution in [0.4, 0.5) is 11.4 Å². The third kappa shape index (κ3) is 4.75. The molecule has 0 aliphatic carbocycles. The number of benzene rings is 2. The Bertz CT molecular complexity index is 1060. The largest absolute Gasteiger partial charge is 0.466 e. The fourth-order valence-electron chi connectivity index (χ4n) is 3.18. The summed E-state index contributed by atoms with van der Waals surface area (Å²) in [6.45, 7) is 3.90. The Kier molecular flexibility index (Phi) is 6.71. The van der Waals surface area contributed by atoms with E-state index in [-0.39, 0.29) is 30.5 Å². The van der Waals surface area contributed by atoms with Gasteiger partial charge in [0.05, 0.1) is 26.4 Å². The van der Waals surface area contributed by atoms with Gasteiger partial charge < -0.3 is 24.4 Å². The zero-order valence-electron chi connectivity index (χ0n) is 17.9. The minimum Gasteiger partial charge on any atom is -0.466 e. The molecular weight excluding hydrogens is 400 g/mol. The number of methoxy groups -OCH3 is 2. The van der Waals surface area contributed by atoms with Gasteiger partial charge in [-0.1, -0.05) is 12.1 Å². The van der Waals surface area contributed by atoms with Crippen LogP contribution in [0.1, 0.15) is 21.5 Å². The lowest BCUT2D eigenvalue weighted by Crippen LogP contribution is -2.38. The average molecular weight is 424 g/mol. The van der Waals surface area contributed by atoms with Gasteiger partial charge in [0.15, 0.2) is 0 Å². The van der Waals surface area contributed by atoms with Crippen molar-refractivity contribution in [1.29, 1.82) is 0 Å². The lowest BCUT2D eigenvalue weighted by Gasteiger charge is -2.31. The molecule has 0 aromatic heterocycles. The molecule has 0 fully saturated rings. The zero-order valence-corrected chi connectivity index (χ0v) is 17.9. The Balaban J connectivity index is 1.93. The SMILES string of the molecule is COC(=O)C1=C(C(=O)OC)N(c2cccc(C(=O)Nc3ccc(C)c(C)c3)c2)COC1. The summed E-state index contributed by atoms with van der Waals surface area (Å²) in [5.41, 5.74) is 3.83. The minimum atomic E-state index is -0.700. The number of carbonyl (C=O) groups is 3. The molecule has 1 aliphatic heterocycles. The van der Waals surface area contributed by atoms with Gasteiger partial charge >= 0.3 is 11.9 Å². The fourth-order valence-corrected chi connectivity index (χ4v) is 3.18. The third-order valence-electron chi connectivity index (χ3n) is 5.02. The van der Waals surface area contributed by atoms with Crippen LogP contribution < -0.4 is 10.2 Å². The average Bonchev–Trinajstić information content (AvgIpc) is 2.80. The summed E-state index contributed by atoms with van der Waals surface area (Å²) in [6, 6.07) is 12.3. The number of hydrogen-bond donors (Lipinski definition) is 1. The number of rotatable bonds is 5. The maximum absolute atomic E-state index is 12.8. The third-order valence-corrected chi connectivity index (χ3v) is 5.02. The smallest absolute Gasteiger partial charge is 0.355 e. The van der Waals surface area contributed by atoms with Crippen molar-refractivity contribution in [2.45, 2.75) is 13.8 Å². The molecule has 31 heavy (non-hydrogen) atoms. The Morgan fingerprint density at radius 3 is 2.39 bits per heavy atom. The van der Waals surface area contributed by atoms with Crippen molar-refractivity contribution in [3.05, 3.63) is 70.4 Å². The van der Waals surface area contributed by atoms with Crippen LogP contribution in [0.5, 0.6) is 0 Å². The quantitative estimate of drug-likeness (QED) is 0.738. The van der Waals surface area contributed by atoms with E-state index in [9.17, 15) is 14.4 Å². The predicted octanol–water partition coefficient (Wildman–Crippen LogP) is 2.95. The summed E-state index contributed by atoms with van der Waals surface area (Å²) >= 11 is 0. The first-order valence-electron chi connectivity index (χ1n) is 9.59. The van der Waals surface area contributed by atoms with E-state index in [4.69, 9.17) is 14.2 Å². The van der Waals surface area contributed by atoms with E-state index in [2.05, 4.69) is 5.32 Å². The van der Waals surface area contributed by atoms with Crippen LogP contribution in [0.2, 0.25) is 0 Å². The van der Waals surface area contributed by atoms with Crippen LogP contribution in [0.3, 0.4) is 0 Å². The first-order valence-corrected chi connectivity index (χ1v) is 9.59. The Morgan fingerprint density at radius 1 is 0.968 bits per heavy atom. The van der Waals surface area contributed by atoms with Gasteiger partial charge in [0.2, 0.25) is 0 Å². The molecule has 3 rings (SSSR count). The van der Waals surface area contributed by atoms with Gasteiger partial charge in [-0.25, -0.2) is 9.59 Å². The fraction of sp³-hybridized carbons (Fsp3) is 0.261. The highest BCUT2D eigenvalue weighted by Crippen LogP contribution is 2.27. The molecule has 1 aliphatic rings. The zero-order chi connectivity index (χ0) is 22.5. The van der Waals surface area contributed by atoms with E-state index in [0.29, 0.717) is 16.9 Å². The van der Waals surface area contributed by atoms with Gasteiger partial charge in [-0.15, -0.1) is 0 Å². The molecule has 0 radical (unpaired) electrons. The number of ether oxygens (including phenoxy) is 3. The summed E-state index contributed by atoms with van der Waals surface area (Å²) in [7, 11) is 2.45. The Hall–Kier alpha value is -3.65. The van der Waals surface area contributed by atoms with Crippen molar-refractivity contribution in [2.24, 2.45) is 0 Å². The van der Waals surface area contributed by atoms with Crippen LogP contribution in [0, 0.1) is 13.8 Å². The second-order valence-electron chi connectivity index (χ2n) is 7.02. The van der Waals surface area contributed by atoms with Crippen molar-refractivity contribution < 1.29 is 28.6 Å². The molecule has 8 heteroatoms. The van der Waals surface area contributed by atoms with Gasteiger partial charge in [-0.3, -0.25) is 4.79 Å². The number of esters is 2. The molecule has 2 aromatic carbocycles. The molecule has 8 nitrogen and oxygen atoms in total. The second-order valence-corrected chi connectivity index (χ2v) is 7.02. The van der Waals surface area contributed by atoms with E-state index < -0.39 is 11.9 Å². The van der Waals surface area contributed by atoms with Gasteiger partial charge in [-0.05, 0) is 55.3 Å². The van der Waals surface area contributed by atoms with Crippen LogP contribution in [0.25, 0.3) is 0 Å². The number of aryl methyl sites for hydroxylation is 2. The van der Waals surface area contributed by atoms with Crippen LogP contribution in [0.15, 0.2) is 53.7 Å². The van der Waals surface area contributed by atoms with E-state index in [0.717, 1.165) is 11.1 Å². The molecule has 0 spiro atoms. The lowest BCUT2D eigenvalue weighted by atomic mass is 10.1. The van der Waals surface area contributed by atoms with Gasteiger partial charge in [-0.2, -0.15) is 0 Å². The number of carbonyl (C=O) groups excluding carboxylic acids is 3. The predicted molar refractivity (Wildman–Crippen MR) is 115 cm³/mol. The topological polar surface area (TPSA) is 94.2 Å². The van der Waals surface area contributed by atoms with E-state index >= 15 is 0 Å². The highest BCUT2D eigenvalue weighted by Gasteiger charge is 2.32. The molecule has 162 valence electrons. The Labute approximate surface area is 180 Å². The van der Waals surface area contributed by atoms with Crippen molar-refractivity contribution in [2.75, 3.05) is 37.8 Å². The second kappa shape index (κ2) is 9.44. The van der Waals surface area contributed by atoms with Gasteiger partial charge in [0.25, 0.3) is 5.91 Å². The number of hydrogen-bond acceptors (Lipinski definition) is 7. The van der Waals surface area contributed by atoms with Crippen molar-refractivity contribution >= 4 is 29.2 Å². The molecule has 1 N–H and O–H groups in total. The maximum Gasteiger partial charge on any atom is 0.355 e. The molecule has 0 atom stereocenters. The van der Waals surface area contributed by atoms with Crippen LogP contribution >= 0.6 is 0 Å². The number of nitrogens with zero attached hydrogens (tertiary/aromatic N) is 1. The van der Waals surface area contributed by atoms with Gasteiger partial charge in [0, 0.05) is 16.9 Å². The normalized spacial score (nSPS) is 13.6. The van der Waals surface area contributed by atoms with Crippen molar-refractivity contribution in [3.8, 4) is 0 Å². The van der Waals surface area contributed by atoms with Crippen LogP contribution in [-0.2, 0) is 23.8 Å². The van der Waals surface area contributed by atoms with Crippen molar-refractivity contribution in [1.82, 2.24) is 0 Å². The summed E-state index contributed by atoms with van der Waals surface area (Å²) in [5, 5.41) is 2.87. The van der Waals surface area contributed by atoms with Crippen molar-refractivity contribution in [3.63, 3.8) is 0 Å². The monoisotopic (exact) mass is 424 g/mol. The molecule has 0 saturated heterocycles. The molecule has 1 heterocycles. The van der Waals surface area contributed by atoms with Crippen LogP contribution in [-0.4, -0.2) is 45.4 Å². The van der Waals surface area contributed by atoms with Gasteiger partial charge in [0.1, 0.15) is 12.4 Å². The first kappa shape index (κ1) is 22.0. The summed E-state index contributed by atoms with van der Waals surface area (Å²) in [4.78, 5) is 38.9. The summed E-state index contributed by atoms with van der Waals surface area (Å²) in [5.74, 6) is -1.69. The number of nitrogens with one attached hydrogen (secondary N) is 1. The Morgan fingerprint density at radius 2 is 1.71 bits per heavy atom. The molecule has 0 unspecified atom stereocenters. The first-order chi connectivity index (χ1) is 14.8. The minimum absolute atomic E-state index is 0.00710. The number of amides is 1. The highest BCUT2D eigenvalue weighted by molar-refractivity contribution is 6.06. The standard InChI is InChI=1S/C23H24N2O6/c1-14-8-9-17(10-15(14)2)24-21(26)16-6-5-7-18(11-16)25-13-31-12-19(22(27)29-3)20(25)23(28)30-4/h5-11H,12-13H2,1-4H3,(H,24,26). The molecule has 1 amide bonds. The molecule has 0 saturated carbocycles. The van der Waals surface area contributed by atoms with E-state index in [1.807, 2.05) is 32.0 Å². The van der Waals surface area contributed by atoms with E-state index in [1.165, 1.54) is 19.1 Å². The summed E-state index contributed by atoms with van der Waals surface area (Å²) < 4.78 is 15.1. The highest BCUT2D eigenvalue weighted by atomic mass is 16.5. The molecule has 0 bridgehead atoms.